The third-order valence-corrected chi connectivity index (χ3v) is 4.89. The predicted molar refractivity (Wildman–Crippen MR) is 117 cm³/mol. The Hall–Kier alpha value is -2.71. The second-order valence-corrected chi connectivity index (χ2v) is 8.63. The summed E-state index contributed by atoms with van der Waals surface area (Å²) in [5.74, 6) is -1.35. The molecule has 0 aromatic rings. The van der Waals surface area contributed by atoms with Gasteiger partial charge in [0.25, 0.3) is 11.8 Å². The standard InChI is InChI=1S/C22H36N4O5/c1-14(2)13-23-21(30)16(5)24-22(31)20(15(3)4)25-17(27)9-7-6-8-12-26-18(28)10-11-19(26)29/h10-11,14-16,20H,6-9,12-13H2,1-5H3,(H,23,30)(H,24,31)(H,25,27)/t16-,20-/m0/s1. The van der Waals surface area contributed by atoms with E-state index < -0.39 is 18.0 Å². The molecule has 0 aliphatic carbocycles. The number of carbonyl (C=O) groups excluding carboxylic acids is 5. The van der Waals surface area contributed by atoms with Crippen molar-refractivity contribution >= 4 is 29.5 Å². The van der Waals surface area contributed by atoms with Gasteiger partial charge in [-0.1, -0.05) is 34.1 Å². The van der Waals surface area contributed by atoms with Gasteiger partial charge in [0.2, 0.25) is 17.7 Å². The lowest BCUT2D eigenvalue weighted by Gasteiger charge is -2.24. The van der Waals surface area contributed by atoms with Gasteiger partial charge in [-0.3, -0.25) is 28.9 Å². The molecule has 0 unspecified atom stereocenters. The van der Waals surface area contributed by atoms with Gasteiger partial charge in [-0.05, 0) is 31.6 Å². The average Bonchev–Trinajstić information content (AvgIpc) is 3.01. The normalized spacial score (nSPS) is 15.4. The maximum absolute atomic E-state index is 12.6. The molecule has 0 bridgehead atoms. The van der Waals surface area contributed by atoms with Crippen molar-refractivity contribution in [3.05, 3.63) is 12.2 Å². The van der Waals surface area contributed by atoms with Gasteiger partial charge < -0.3 is 16.0 Å². The second-order valence-electron chi connectivity index (χ2n) is 8.63. The molecule has 3 N–H and O–H groups in total. The fourth-order valence-electron chi connectivity index (χ4n) is 2.99. The first-order valence-corrected chi connectivity index (χ1v) is 10.9. The molecule has 5 amide bonds. The van der Waals surface area contributed by atoms with Crippen LogP contribution in [0.5, 0.6) is 0 Å². The minimum absolute atomic E-state index is 0.144. The van der Waals surface area contributed by atoms with Crippen LogP contribution in [-0.2, 0) is 24.0 Å². The van der Waals surface area contributed by atoms with Crippen LogP contribution in [0.25, 0.3) is 0 Å². The van der Waals surface area contributed by atoms with Crippen molar-refractivity contribution in [3.8, 4) is 0 Å². The van der Waals surface area contributed by atoms with E-state index in [0.29, 0.717) is 38.3 Å². The summed E-state index contributed by atoms with van der Waals surface area (Å²) < 4.78 is 0. The van der Waals surface area contributed by atoms with Crippen molar-refractivity contribution in [1.82, 2.24) is 20.9 Å². The lowest BCUT2D eigenvalue weighted by atomic mass is 10.0. The van der Waals surface area contributed by atoms with E-state index in [2.05, 4.69) is 16.0 Å². The summed E-state index contributed by atoms with van der Waals surface area (Å²) >= 11 is 0. The van der Waals surface area contributed by atoms with Crippen molar-refractivity contribution in [3.63, 3.8) is 0 Å². The van der Waals surface area contributed by atoms with Gasteiger partial charge >= 0.3 is 0 Å². The number of nitrogens with zero attached hydrogens (tertiary/aromatic N) is 1. The minimum Gasteiger partial charge on any atom is -0.354 e. The first kappa shape index (κ1) is 26.3. The number of hydrogen-bond acceptors (Lipinski definition) is 5. The lowest BCUT2D eigenvalue weighted by Crippen LogP contribution is -2.54. The zero-order chi connectivity index (χ0) is 23.6. The Morgan fingerprint density at radius 2 is 1.48 bits per heavy atom. The maximum Gasteiger partial charge on any atom is 0.253 e. The quantitative estimate of drug-likeness (QED) is 0.292. The molecule has 0 spiro atoms. The SMILES string of the molecule is CC(C)CNC(=O)[C@H](C)NC(=O)[C@@H](NC(=O)CCCCCN1C(=O)C=CC1=O)C(C)C. The summed E-state index contributed by atoms with van der Waals surface area (Å²) in [4.78, 5) is 61.1. The Morgan fingerprint density at radius 1 is 0.871 bits per heavy atom. The Kier molecular flexibility index (Phi) is 10.9. The highest BCUT2D eigenvalue weighted by molar-refractivity contribution is 6.12. The number of amides is 5. The number of imide groups is 1. The Morgan fingerprint density at radius 3 is 2.03 bits per heavy atom. The van der Waals surface area contributed by atoms with Crippen LogP contribution in [0, 0.1) is 11.8 Å². The Bertz CT molecular complexity index is 684. The molecule has 1 aliphatic heterocycles. The van der Waals surface area contributed by atoms with Crippen molar-refractivity contribution in [2.45, 2.75) is 72.4 Å². The first-order chi connectivity index (χ1) is 14.5. The van der Waals surface area contributed by atoms with Crippen LogP contribution in [-0.4, -0.2) is 59.6 Å². The molecule has 0 fully saturated rings. The third-order valence-electron chi connectivity index (χ3n) is 4.89. The number of unbranched alkanes of at least 4 members (excludes halogenated alkanes) is 2. The van der Waals surface area contributed by atoms with E-state index in [1.807, 2.05) is 27.7 Å². The van der Waals surface area contributed by atoms with E-state index in [1.165, 1.54) is 17.1 Å². The molecule has 0 aromatic carbocycles. The zero-order valence-corrected chi connectivity index (χ0v) is 19.2. The molecule has 1 heterocycles. The molecule has 9 nitrogen and oxygen atoms in total. The van der Waals surface area contributed by atoms with Crippen LogP contribution >= 0.6 is 0 Å². The smallest absolute Gasteiger partial charge is 0.253 e. The third kappa shape index (κ3) is 9.31. The molecule has 174 valence electrons. The van der Waals surface area contributed by atoms with Crippen LogP contribution in [0.15, 0.2) is 12.2 Å². The Labute approximate surface area is 184 Å². The number of rotatable bonds is 13. The highest BCUT2D eigenvalue weighted by atomic mass is 16.2. The maximum atomic E-state index is 12.6. The van der Waals surface area contributed by atoms with Gasteiger partial charge in [0.15, 0.2) is 0 Å². The number of hydrogen-bond donors (Lipinski definition) is 3. The lowest BCUT2D eigenvalue weighted by molar-refractivity contribution is -0.137. The van der Waals surface area contributed by atoms with Gasteiger partial charge in [-0.2, -0.15) is 0 Å². The predicted octanol–water partition coefficient (Wildman–Crippen LogP) is 0.890. The van der Waals surface area contributed by atoms with E-state index in [9.17, 15) is 24.0 Å². The van der Waals surface area contributed by atoms with Crippen LogP contribution in [0.3, 0.4) is 0 Å². The summed E-state index contributed by atoms with van der Waals surface area (Å²) in [7, 11) is 0. The first-order valence-electron chi connectivity index (χ1n) is 10.9. The number of carbonyl (C=O) groups is 5. The van der Waals surface area contributed by atoms with Gasteiger partial charge in [0, 0.05) is 31.7 Å². The molecule has 1 aliphatic rings. The fourth-order valence-corrected chi connectivity index (χ4v) is 2.99. The van der Waals surface area contributed by atoms with Gasteiger partial charge in [0.05, 0.1) is 0 Å². The molecular weight excluding hydrogens is 400 g/mol. The van der Waals surface area contributed by atoms with Crippen LogP contribution in [0.4, 0.5) is 0 Å². The van der Waals surface area contributed by atoms with Crippen molar-refractivity contribution in [2.75, 3.05) is 13.1 Å². The van der Waals surface area contributed by atoms with E-state index in [4.69, 9.17) is 0 Å². The summed E-state index contributed by atoms with van der Waals surface area (Å²) in [5.41, 5.74) is 0. The van der Waals surface area contributed by atoms with Crippen LogP contribution in [0.2, 0.25) is 0 Å². The summed E-state index contributed by atoms with van der Waals surface area (Å²) in [6, 6.07) is -1.44. The summed E-state index contributed by atoms with van der Waals surface area (Å²) in [6.07, 6.45) is 4.61. The number of nitrogens with one attached hydrogen (secondary N) is 3. The summed E-state index contributed by atoms with van der Waals surface area (Å²) in [6.45, 7) is 10.1. The van der Waals surface area contributed by atoms with Gasteiger partial charge in [-0.15, -0.1) is 0 Å². The Balaban J connectivity index is 2.37. The second kappa shape index (κ2) is 12.9. The molecule has 31 heavy (non-hydrogen) atoms. The molecular formula is C22H36N4O5. The molecule has 2 atom stereocenters. The largest absolute Gasteiger partial charge is 0.354 e. The molecule has 0 saturated carbocycles. The van der Waals surface area contributed by atoms with E-state index in [-0.39, 0.29) is 36.0 Å². The van der Waals surface area contributed by atoms with Crippen LogP contribution in [0.1, 0.15) is 60.3 Å². The molecule has 0 aromatic heterocycles. The van der Waals surface area contributed by atoms with E-state index in [0.717, 1.165) is 0 Å². The highest BCUT2D eigenvalue weighted by Crippen LogP contribution is 2.09. The molecule has 1 rings (SSSR count). The minimum atomic E-state index is -0.737. The topological polar surface area (TPSA) is 125 Å². The van der Waals surface area contributed by atoms with E-state index in [1.54, 1.807) is 6.92 Å². The van der Waals surface area contributed by atoms with E-state index >= 15 is 0 Å². The van der Waals surface area contributed by atoms with Crippen molar-refractivity contribution in [1.29, 1.82) is 0 Å². The highest BCUT2D eigenvalue weighted by Gasteiger charge is 2.27. The average molecular weight is 437 g/mol. The molecule has 9 heteroatoms. The fraction of sp³-hybridized carbons (Fsp3) is 0.682. The summed E-state index contributed by atoms with van der Waals surface area (Å²) in [5, 5.41) is 8.18. The van der Waals surface area contributed by atoms with Crippen molar-refractivity contribution < 1.29 is 24.0 Å². The molecule has 0 radical (unpaired) electrons. The van der Waals surface area contributed by atoms with Crippen LogP contribution < -0.4 is 16.0 Å². The molecule has 0 saturated heterocycles. The monoisotopic (exact) mass is 436 g/mol. The van der Waals surface area contributed by atoms with Crippen molar-refractivity contribution in [2.24, 2.45) is 11.8 Å². The zero-order valence-electron chi connectivity index (χ0n) is 19.2. The van der Waals surface area contributed by atoms with Gasteiger partial charge in [-0.25, -0.2) is 0 Å². The van der Waals surface area contributed by atoms with Gasteiger partial charge in [0.1, 0.15) is 12.1 Å².